The Morgan fingerprint density at radius 2 is 2.00 bits per heavy atom. The van der Waals surface area contributed by atoms with Crippen molar-refractivity contribution in [3.05, 3.63) is 80.7 Å². The lowest BCUT2D eigenvalue weighted by atomic mass is 9.93. The fraction of sp³-hybridized carbons (Fsp3) is 0.320. The van der Waals surface area contributed by atoms with E-state index in [0.717, 1.165) is 23.2 Å². The average Bonchev–Trinajstić information content (AvgIpc) is 2.90. The van der Waals surface area contributed by atoms with Gasteiger partial charge in [0.15, 0.2) is 17.5 Å². The monoisotopic (exact) mass is 531 g/mol. The van der Waals surface area contributed by atoms with Crippen molar-refractivity contribution in [2.24, 2.45) is 10.7 Å². The number of aliphatic imine (C=N–C) groups is 1. The van der Waals surface area contributed by atoms with E-state index in [9.17, 15) is 27.6 Å². The van der Waals surface area contributed by atoms with E-state index in [1.54, 1.807) is 19.1 Å². The summed E-state index contributed by atoms with van der Waals surface area (Å²) in [4.78, 5) is 46.1. The van der Waals surface area contributed by atoms with Gasteiger partial charge in [-0.3, -0.25) is 14.5 Å². The number of nitrogens with two attached hydrogens (primary N) is 1. The van der Waals surface area contributed by atoms with Crippen molar-refractivity contribution in [3.63, 3.8) is 0 Å². The quantitative estimate of drug-likeness (QED) is 0.179. The van der Waals surface area contributed by atoms with Crippen LogP contribution in [0.1, 0.15) is 37.3 Å². The Morgan fingerprint density at radius 1 is 1.29 bits per heavy atom. The van der Waals surface area contributed by atoms with Crippen LogP contribution in [0.2, 0.25) is 0 Å². The minimum atomic E-state index is -1.64. The van der Waals surface area contributed by atoms with Gasteiger partial charge < -0.3 is 26.3 Å². The zero-order valence-electron chi connectivity index (χ0n) is 20.6. The van der Waals surface area contributed by atoms with Crippen molar-refractivity contribution < 1.29 is 22.8 Å². The highest BCUT2D eigenvalue weighted by atomic mass is 19.2. The van der Waals surface area contributed by atoms with Crippen molar-refractivity contribution in [3.8, 4) is 0 Å². The lowest BCUT2D eigenvalue weighted by Gasteiger charge is -2.29. The molecule has 13 heteroatoms. The number of rotatable bonds is 8. The van der Waals surface area contributed by atoms with Gasteiger partial charge in [-0.2, -0.15) is 4.99 Å². The Bertz CT molecular complexity index is 1300. The third-order valence-corrected chi connectivity index (χ3v) is 6.06. The van der Waals surface area contributed by atoms with Gasteiger partial charge in [0.25, 0.3) is 5.56 Å². The van der Waals surface area contributed by atoms with E-state index in [1.807, 2.05) is 0 Å². The summed E-state index contributed by atoms with van der Waals surface area (Å²) in [5.74, 6) is -4.72. The van der Waals surface area contributed by atoms with Gasteiger partial charge in [0, 0.05) is 36.3 Å². The minimum Gasteiger partial charge on any atom is -0.402 e. The van der Waals surface area contributed by atoms with Crippen LogP contribution < -0.4 is 16.6 Å². The maximum atomic E-state index is 13.8. The molecular formula is C25H28F3N7O3. The topological polar surface area (TPSA) is 148 Å². The number of benzene rings is 1. The number of amides is 3. The molecule has 1 aromatic carbocycles. The van der Waals surface area contributed by atoms with E-state index in [1.165, 1.54) is 11.1 Å². The molecule has 3 amide bonds. The van der Waals surface area contributed by atoms with E-state index < -0.39 is 30.0 Å². The zero-order valence-corrected chi connectivity index (χ0v) is 20.6. The molecule has 1 aromatic heterocycles. The first kappa shape index (κ1) is 28.2. The van der Waals surface area contributed by atoms with E-state index in [-0.39, 0.29) is 36.2 Å². The normalized spacial score (nSPS) is 15.7. The van der Waals surface area contributed by atoms with E-state index in [0.29, 0.717) is 42.5 Å². The molecule has 10 nitrogen and oxygen atoms in total. The van der Waals surface area contributed by atoms with Crippen molar-refractivity contribution in [2.75, 3.05) is 6.54 Å². The number of nitrogens with one attached hydrogen (secondary N) is 3. The summed E-state index contributed by atoms with van der Waals surface area (Å²) in [7, 11) is 0. The van der Waals surface area contributed by atoms with Crippen LogP contribution in [0.3, 0.4) is 0 Å². The van der Waals surface area contributed by atoms with Crippen LogP contribution in [0, 0.1) is 22.9 Å². The number of hydrogen-bond donors (Lipinski definition) is 4. The molecule has 0 saturated carbocycles. The number of nitrogens with zero attached hydrogens (tertiary/aromatic N) is 3. The number of aromatic amines is 1. The second-order valence-corrected chi connectivity index (χ2v) is 8.64. The van der Waals surface area contributed by atoms with Crippen LogP contribution in [-0.2, 0) is 17.9 Å². The van der Waals surface area contributed by atoms with Gasteiger partial charge in [-0.15, -0.1) is 0 Å². The molecule has 0 saturated heterocycles. The molecule has 202 valence electrons. The van der Waals surface area contributed by atoms with Gasteiger partial charge >= 0.3 is 6.03 Å². The van der Waals surface area contributed by atoms with Gasteiger partial charge in [0.05, 0.1) is 13.1 Å². The Labute approximate surface area is 216 Å². The highest BCUT2D eigenvalue weighted by molar-refractivity contribution is 5.97. The predicted octanol–water partition coefficient (Wildman–Crippen LogP) is 2.75. The first-order chi connectivity index (χ1) is 18.2. The third kappa shape index (κ3) is 6.87. The molecule has 0 radical (unpaired) electrons. The number of guanidine groups is 1. The van der Waals surface area contributed by atoms with Crippen LogP contribution >= 0.6 is 0 Å². The van der Waals surface area contributed by atoms with E-state index >= 15 is 0 Å². The summed E-state index contributed by atoms with van der Waals surface area (Å²) in [6.07, 6.45) is 4.17. The molecule has 1 heterocycles. The van der Waals surface area contributed by atoms with Crippen LogP contribution in [-0.4, -0.2) is 52.0 Å². The van der Waals surface area contributed by atoms with Crippen molar-refractivity contribution in [2.45, 2.75) is 45.3 Å². The molecule has 0 bridgehead atoms. The smallest absolute Gasteiger partial charge is 0.347 e. The largest absolute Gasteiger partial charge is 0.402 e. The number of urea groups is 1. The molecule has 0 spiro atoms. The second-order valence-electron chi connectivity index (χ2n) is 8.64. The number of hydrogen-bond acceptors (Lipinski definition) is 5. The standard InChI is InChI=1S/C25H28F3N7O3/c1-2-34(13-16-4-3-7-31-23(16)37)25(38)33-24(32-18-5-6-21(30)17(10-18)11-29)35(14-36)12-15-8-19(26)22(28)20(27)9-15/h3-4,7-9,11,14,18,29H,2,5-6,10,12-13,30H2,1H3,(H,31,37)(H,32,33,38). The molecule has 1 atom stereocenters. The Morgan fingerprint density at radius 3 is 2.61 bits per heavy atom. The number of carbonyl (C=O) groups excluding carboxylic acids is 2. The highest BCUT2D eigenvalue weighted by Gasteiger charge is 2.24. The maximum Gasteiger partial charge on any atom is 0.347 e. The summed E-state index contributed by atoms with van der Waals surface area (Å²) >= 11 is 0. The minimum absolute atomic E-state index is 0.0571. The predicted molar refractivity (Wildman–Crippen MR) is 135 cm³/mol. The van der Waals surface area contributed by atoms with E-state index in [2.05, 4.69) is 15.3 Å². The summed E-state index contributed by atoms with van der Waals surface area (Å²) < 4.78 is 41.0. The lowest BCUT2D eigenvalue weighted by Crippen LogP contribution is -2.47. The molecule has 1 unspecified atom stereocenters. The maximum absolute atomic E-state index is 13.8. The Hall–Kier alpha value is -4.42. The molecular weight excluding hydrogens is 503 g/mol. The number of pyridine rings is 1. The number of aromatic nitrogens is 1. The molecule has 0 fully saturated rings. The van der Waals surface area contributed by atoms with Gasteiger partial charge in [-0.05, 0) is 55.5 Å². The number of allylic oxidation sites excluding steroid dienone is 1. The van der Waals surface area contributed by atoms with Crippen LogP contribution in [0.5, 0.6) is 0 Å². The Balaban J connectivity index is 1.93. The first-order valence-corrected chi connectivity index (χ1v) is 11.8. The van der Waals surface area contributed by atoms with Crippen molar-refractivity contribution in [1.82, 2.24) is 20.1 Å². The van der Waals surface area contributed by atoms with Gasteiger partial charge in [0.2, 0.25) is 12.4 Å². The average molecular weight is 532 g/mol. The molecule has 38 heavy (non-hydrogen) atoms. The van der Waals surface area contributed by atoms with Crippen LogP contribution in [0.25, 0.3) is 0 Å². The summed E-state index contributed by atoms with van der Waals surface area (Å²) in [6, 6.07) is 3.51. The second kappa shape index (κ2) is 12.7. The summed E-state index contributed by atoms with van der Waals surface area (Å²) in [5.41, 5.74) is 6.96. The van der Waals surface area contributed by atoms with E-state index in [4.69, 9.17) is 11.1 Å². The first-order valence-electron chi connectivity index (χ1n) is 11.8. The third-order valence-electron chi connectivity index (χ3n) is 6.06. The summed E-state index contributed by atoms with van der Waals surface area (Å²) in [5, 5.41) is 10.6. The van der Waals surface area contributed by atoms with Crippen LogP contribution in [0.15, 0.2) is 51.5 Å². The molecule has 1 aliphatic carbocycles. The molecule has 1 aliphatic rings. The number of carbonyl (C=O) groups is 2. The Kier molecular flexibility index (Phi) is 9.41. The molecule has 5 N–H and O–H groups in total. The summed E-state index contributed by atoms with van der Waals surface area (Å²) in [6.45, 7) is 1.38. The molecule has 3 rings (SSSR count). The molecule has 2 aromatic rings. The SMILES string of the molecule is CCN(Cc1ccc[nH]c1=O)C(=O)/N=C(/NC1CCC(N)=C(C=N)C1)N(C=O)Cc1cc(F)c(F)c(F)c1. The fourth-order valence-corrected chi connectivity index (χ4v) is 3.95. The zero-order chi connectivity index (χ0) is 27.8. The number of H-pyrrole nitrogens is 1. The van der Waals surface area contributed by atoms with Crippen molar-refractivity contribution in [1.29, 1.82) is 5.41 Å². The van der Waals surface area contributed by atoms with Gasteiger partial charge in [0.1, 0.15) is 0 Å². The van der Waals surface area contributed by atoms with Crippen molar-refractivity contribution >= 4 is 24.6 Å². The fourth-order valence-electron chi connectivity index (χ4n) is 3.95. The number of halogens is 3. The van der Waals surface area contributed by atoms with Crippen LogP contribution in [0.4, 0.5) is 18.0 Å². The van der Waals surface area contributed by atoms with Gasteiger partial charge in [-0.1, -0.05) is 6.07 Å². The van der Waals surface area contributed by atoms with Gasteiger partial charge in [-0.25, -0.2) is 18.0 Å². The highest BCUT2D eigenvalue weighted by Crippen LogP contribution is 2.21. The lowest BCUT2D eigenvalue weighted by molar-refractivity contribution is -0.115. The molecule has 0 aliphatic heterocycles.